The summed E-state index contributed by atoms with van der Waals surface area (Å²) in [5.74, 6) is 0.498. The molecule has 94 valence electrons. The van der Waals surface area contributed by atoms with Crippen LogP contribution >= 0.6 is 22.6 Å². The number of nitrogens with zero attached hydrogens (tertiary/aromatic N) is 1. The van der Waals surface area contributed by atoms with E-state index in [-0.39, 0.29) is 11.8 Å². The van der Waals surface area contributed by atoms with Gasteiger partial charge in [0.15, 0.2) is 0 Å². The molecule has 0 spiro atoms. The lowest BCUT2D eigenvalue weighted by Gasteiger charge is -2.03. The molecule has 0 aliphatic heterocycles. The number of carbonyl (C=O) groups excluding carboxylic acids is 1. The van der Waals surface area contributed by atoms with Crippen LogP contribution in [-0.2, 0) is 11.2 Å². The molecular formula is C13H14IN3O. The van der Waals surface area contributed by atoms with Crippen molar-refractivity contribution in [1.82, 2.24) is 15.3 Å². The van der Waals surface area contributed by atoms with Gasteiger partial charge in [-0.15, -0.1) is 0 Å². The first-order valence-corrected chi connectivity index (χ1v) is 7.21. The van der Waals surface area contributed by atoms with E-state index in [0.717, 1.165) is 33.9 Å². The molecule has 0 bridgehead atoms. The Kier molecular flexibility index (Phi) is 3.23. The van der Waals surface area contributed by atoms with E-state index >= 15 is 0 Å². The topological polar surface area (TPSA) is 57.8 Å². The van der Waals surface area contributed by atoms with Crippen molar-refractivity contribution in [2.75, 3.05) is 6.54 Å². The van der Waals surface area contributed by atoms with Gasteiger partial charge < -0.3 is 10.3 Å². The smallest absolute Gasteiger partial charge is 0.223 e. The van der Waals surface area contributed by atoms with E-state index < -0.39 is 0 Å². The van der Waals surface area contributed by atoms with Crippen LogP contribution in [0.1, 0.15) is 18.4 Å². The summed E-state index contributed by atoms with van der Waals surface area (Å²) < 4.78 is 1.13. The first-order chi connectivity index (χ1) is 8.74. The molecule has 1 aliphatic rings. The number of aromatic nitrogens is 2. The number of amides is 1. The molecule has 3 rings (SSSR count). The lowest BCUT2D eigenvalue weighted by atomic mass is 10.1. The predicted molar refractivity (Wildman–Crippen MR) is 78.2 cm³/mol. The number of aromatic amines is 1. The van der Waals surface area contributed by atoms with Crippen LogP contribution in [0, 0.1) is 9.49 Å². The maximum atomic E-state index is 11.5. The lowest BCUT2D eigenvalue weighted by Crippen LogP contribution is -2.26. The van der Waals surface area contributed by atoms with E-state index in [0.29, 0.717) is 6.54 Å². The highest BCUT2D eigenvalue weighted by Crippen LogP contribution is 2.28. The third-order valence-corrected chi connectivity index (χ3v) is 3.82. The monoisotopic (exact) mass is 355 g/mol. The largest absolute Gasteiger partial charge is 0.356 e. The van der Waals surface area contributed by atoms with Crippen LogP contribution in [-0.4, -0.2) is 22.4 Å². The first kappa shape index (κ1) is 12.0. The molecule has 1 aliphatic carbocycles. The molecule has 0 radical (unpaired) electrons. The van der Waals surface area contributed by atoms with E-state index in [4.69, 9.17) is 0 Å². The van der Waals surface area contributed by atoms with Gasteiger partial charge in [-0.2, -0.15) is 0 Å². The molecule has 0 aromatic carbocycles. The first-order valence-electron chi connectivity index (χ1n) is 6.13. The molecule has 1 fully saturated rings. The van der Waals surface area contributed by atoms with Crippen molar-refractivity contribution < 1.29 is 4.79 Å². The second-order valence-corrected chi connectivity index (χ2v) is 5.92. The molecule has 4 nitrogen and oxygen atoms in total. The third-order valence-electron chi connectivity index (χ3n) is 3.23. The van der Waals surface area contributed by atoms with Crippen LogP contribution < -0.4 is 5.32 Å². The Morgan fingerprint density at radius 2 is 2.39 bits per heavy atom. The van der Waals surface area contributed by atoms with Crippen molar-refractivity contribution in [3.63, 3.8) is 0 Å². The normalized spacial score (nSPS) is 14.9. The predicted octanol–water partition coefficient (Wildman–Crippen LogP) is 2.24. The van der Waals surface area contributed by atoms with Crippen molar-refractivity contribution in [2.45, 2.75) is 19.3 Å². The lowest BCUT2D eigenvalue weighted by molar-refractivity contribution is -0.122. The van der Waals surface area contributed by atoms with Crippen molar-refractivity contribution in [1.29, 1.82) is 0 Å². The second-order valence-electron chi connectivity index (χ2n) is 4.68. The fourth-order valence-corrected chi connectivity index (χ4v) is 2.50. The average molecular weight is 355 g/mol. The van der Waals surface area contributed by atoms with Gasteiger partial charge >= 0.3 is 0 Å². The number of H-pyrrole nitrogens is 1. The molecule has 5 heteroatoms. The highest BCUT2D eigenvalue weighted by Gasteiger charge is 2.29. The number of nitrogens with one attached hydrogen (secondary N) is 2. The van der Waals surface area contributed by atoms with E-state index in [1.807, 2.05) is 12.4 Å². The molecular weight excluding hydrogens is 341 g/mol. The highest BCUT2D eigenvalue weighted by atomic mass is 127. The van der Waals surface area contributed by atoms with E-state index in [1.165, 1.54) is 5.56 Å². The zero-order chi connectivity index (χ0) is 12.5. The fraction of sp³-hybridized carbons (Fsp3) is 0.385. The molecule has 18 heavy (non-hydrogen) atoms. The fourth-order valence-electron chi connectivity index (χ4n) is 2.05. The minimum atomic E-state index is 0.211. The number of fused-ring (bicyclic) bond motifs is 1. The molecule has 0 unspecified atom stereocenters. The van der Waals surface area contributed by atoms with Gasteiger partial charge in [-0.3, -0.25) is 4.79 Å². The maximum absolute atomic E-state index is 11.5. The Hall–Kier alpha value is -1.11. The summed E-state index contributed by atoms with van der Waals surface area (Å²) in [6.07, 6.45) is 6.79. The zero-order valence-electron chi connectivity index (χ0n) is 9.87. The zero-order valence-corrected chi connectivity index (χ0v) is 12.0. The molecule has 1 saturated carbocycles. The summed E-state index contributed by atoms with van der Waals surface area (Å²) in [6, 6.07) is 2.12. The standard InChI is InChI=1S/C13H14IN3O/c14-10-5-11-9(6-16-12(11)17-7-10)3-4-15-13(18)8-1-2-8/h5-8H,1-4H2,(H,15,18)(H,16,17). The SMILES string of the molecule is O=C(NCCc1c[nH]c2ncc(I)cc12)C1CC1. The average Bonchev–Trinajstić information content (AvgIpc) is 3.13. The van der Waals surface area contributed by atoms with Crippen LogP contribution in [0.5, 0.6) is 0 Å². The molecule has 0 saturated heterocycles. The second kappa shape index (κ2) is 4.87. The van der Waals surface area contributed by atoms with E-state index in [1.54, 1.807) is 0 Å². The van der Waals surface area contributed by atoms with Crippen LogP contribution in [0.3, 0.4) is 0 Å². The molecule has 2 aromatic rings. The van der Waals surface area contributed by atoms with Gasteiger partial charge in [0.1, 0.15) is 5.65 Å². The van der Waals surface area contributed by atoms with Gasteiger partial charge in [-0.1, -0.05) is 0 Å². The highest BCUT2D eigenvalue weighted by molar-refractivity contribution is 14.1. The molecule has 2 aromatic heterocycles. The summed E-state index contributed by atoms with van der Waals surface area (Å²) in [4.78, 5) is 19.0. The molecule has 0 atom stereocenters. The van der Waals surface area contributed by atoms with Gasteiger partial charge in [-0.25, -0.2) is 4.98 Å². The van der Waals surface area contributed by atoms with Crippen LogP contribution in [0.25, 0.3) is 11.0 Å². The van der Waals surface area contributed by atoms with Gasteiger partial charge in [0, 0.05) is 33.8 Å². The summed E-state index contributed by atoms with van der Waals surface area (Å²) in [5, 5.41) is 4.14. The Morgan fingerprint density at radius 1 is 1.56 bits per heavy atom. The number of pyridine rings is 1. The van der Waals surface area contributed by atoms with E-state index in [2.05, 4.69) is 43.9 Å². The Labute approximate surface area is 119 Å². The Bertz CT molecular complexity index is 589. The van der Waals surface area contributed by atoms with Crippen LogP contribution in [0.2, 0.25) is 0 Å². The van der Waals surface area contributed by atoms with Crippen molar-refractivity contribution in [3.8, 4) is 0 Å². The number of rotatable bonds is 4. The summed E-state index contributed by atoms with van der Waals surface area (Å²) in [6.45, 7) is 0.702. The summed E-state index contributed by atoms with van der Waals surface area (Å²) >= 11 is 2.26. The summed E-state index contributed by atoms with van der Waals surface area (Å²) in [5.41, 5.74) is 2.13. The van der Waals surface area contributed by atoms with Gasteiger partial charge in [0.05, 0.1) is 0 Å². The molecule has 2 heterocycles. The van der Waals surface area contributed by atoms with Gasteiger partial charge in [-0.05, 0) is 53.5 Å². The number of hydrogen-bond donors (Lipinski definition) is 2. The van der Waals surface area contributed by atoms with E-state index in [9.17, 15) is 4.79 Å². The van der Waals surface area contributed by atoms with Crippen molar-refractivity contribution >= 4 is 39.5 Å². The maximum Gasteiger partial charge on any atom is 0.223 e. The summed E-state index contributed by atoms with van der Waals surface area (Å²) in [7, 11) is 0. The Balaban J connectivity index is 1.66. The van der Waals surface area contributed by atoms with Crippen LogP contribution in [0.4, 0.5) is 0 Å². The number of halogens is 1. The van der Waals surface area contributed by atoms with Crippen molar-refractivity contribution in [2.24, 2.45) is 5.92 Å². The minimum absolute atomic E-state index is 0.211. The number of carbonyl (C=O) groups is 1. The number of hydrogen-bond acceptors (Lipinski definition) is 2. The molecule has 1 amide bonds. The Morgan fingerprint density at radius 3 is 3.17 bits per heavy atom. The van der Waals surface area contributed by atoms with Gasteiger partial charge in [0.25, 0.3) is 0 Å². The van der Waals surface area contributed by atoms with Gasteiger partial charge in [0.2, 0.25) is 5.91 Å². The molecule has 2 N–H and O–H groups in total. The third kappa shape index (κ3) is 2.50. The van der Waals surface area contributed by atoms with Crippen LogP contribution in [0.15, 0.2) is 18.5 Å². The quantitative estimate of drug-likeness (QED) is 0.827. The minimum Gasteiger partial charge on any atom is -0.356 e. The van der Waals surface area contributed by atoms with Crippen molar-refractivity contribution in [3.05, 3.63) is 27.6 Å².